The number of halogens is 1. The number of carbonyl (C=O) groups excluding carboxylic acids is 1. The van der Waals surface area contributed by atoms with Crippen molar-refractivity contribution in [3.63, 3.8) is 0 Å². The Labute approximate surface area is 120 Å². The Kier molecular flexibility index (Phi) is 6.28. The lowest BCUT2D eigenvalue weighted by Crippen LogP contribution is -2.55. The van der Waals surface area contributed by atoms with Gasteiger partial charge >= 0.3 is 0 Å². The summed E-state index contributed by atoms with van der Waals surface area (Å²) in [7, 11) is 0. The van der Waals surface area contributed by atoms with Crippen molar-refractivity contribution in [1.29, 1.82) is 0 Å². The van der Waals surface area contributed by atoms with Crippen molar-refractivity contribution in [3.05, 3.63) is 35.9 Å². The standard InChI is InChI=1S/C14H20N2O2.ClH/c1-10(12-6-4-3-5-7-12)16-14(17)13-11(2)18-9-8-15-13;/h3-7,10-11,13,15H,8-9H2,1-2H3,(H,16,17);1H/t10?,11-,13+;/m1./s1. The van der Waals surface area contributed by atoms with Crippen LogP contribution in [0.5, 0.6) is 0 Å². The fraction of sp³-hybridized carbons (Fsp3) is 0.500. The molecule has 1 amide bonds. The van der Waals surface area contributed by atoms with E-state index in [9.17, 15) is 4.79 Å². The zero-order valence-corrected chi connectivity index (χ0v) is 12.1. The molecule has 1 saturated heterocycles. The van der Waals surface area contributed by atoms with Crippen molar-refractivity contribution >= 4 is 18.3 Å². The first kappa shape index (κ1) is 16.0. The summed E-state index contributed by atoms with van der Waals surface area (Å²) >= 11 is 0. The van der Waals surface area contributed by atoms with E-state index in [0.717, 1.165) is 12.1 Å². The molecule has 106 valence electrons. The average molecular weight is 285 g/mol. The molecular formula is C14H21ClN2O2. The van der Waals surface area contributed by atoms with Crippen LogP contribution in [-0.4, -0.2) is 31.2 Å². The van der Waals surface area contributed by atoms with E-state index in [1.807, 2.05) is 44.2 Å². The Hall–Kier alpha value is -1.10. The molecule has 2 rings (SSSR count). The summed E-state index contributed by atoms with van der Waals surface area (Å²) in [5, 5.41) is 6.20. The summed E-state index contributed by atoms with van der Waals surface area (Å²) in [5.41, 5.74) is 1.11. The van der Waals surface area contributed by atoms with Gasteiger partial charge in [-0.2, -0.15) is 0 Å². The van der Waals surface area contributed by atoms with Crippen LogP contribution >= 0.6 is 12.4 Å². The van der Waals surface area contributed by atoms with Gasteiger partial charge < -0.3 is 15.4 Å². The van der Waals surface area contributed by atoms with Crippen LogP contribution in [0.2, 0.25) is 0 Å². The highest BCUT2D eigenvalue weighted by atomic mass is 35.5. The molecule has 3 atom stereocenters. The topological polar surface area (TPSA) is 50.4 Å². The highest BCUT2D eigenvalue weighted by Gasteiger charge is 2.28. The molecule has 1 aliphatic heterocycles. The molecule has 1 aromatic rings. The third kappa shape index (κ3) is 4.20. The van der Waals surface area contributed by atoms with Gasteiger partial charge in [0.05, 0.1) is 18.8 Å². The van der Waals surface area contributed by atoms with Crippen molar-refractivity contribution in [1.82, 2.24) is 10.6 Å². The Balaban J connectivity index is 0.00000180. The first-order valence-electron chi connectivity index (χ1n) is 6.39. The van der Waals surface area contributed by atoms with E-state index >= 15 is 0 Å². The van der Waals surface area contributed by atoms with Gasteiger partial charge in [-0.3, -0.25) is 4.79 Å². The van der Waals surface area contributed by atoms with Gasteiger partial charge in [-0.15, -0.1) is 12.4 Å². The number of benzene rings is 1. The zero-order valence-electron chi connectivity index (χ0n) is 11.3. The van der Waals surface area contributed by atoms with Gasteiger partial charge in [0.1, 0.15) is 6.04 Å². The van der Waals surface area contributed by atoms with Gasteiger partial charge in [0.25, 0.3) is 0 Å². The minimum atomic E-state index is -0.259. The smallest absolute Gasteiger partial charge is 0.240 e. The molecular weight excluding hydrogens is 264 g/mol. The minimum Gasteiger partial charge on any atom is -0.375 e. The third-order valence-corrected chi connectivity index (χ3v) is 3.26. The largest absolute Gasteiger partial charge is 0.375 e. The second-order valence-electron chi connectivity index (χ2n) is 4.65. The van der Waals surface area contributed by atoms with Crippen molar-refractivity contribution in [2.24, 2.45) is 0 Å². The normalized spacial score (nSPS) is 24.1. The van der Waals surface area contributed by atoms with Gasteiger partial charge in [0.2, 0.25) is 5.91 Å². The highest BCUT2D eigenvalue weighted by Crippen LogP contribution is 2.12. The van der Waals surface area contributed by atoms with Crippen molar-refractivity contribution in [3.8, 4) is 0 Å². The summed E-state index contributed by atoms with van der Waals surface area (Å²) in [6, 6.07) is 9.69. The maximum atomic E-state index is 12.1. The van der Waals surface area contributed by atoms with Gasteiger partial charge in [-0.1, -0.05) is 30.3 Å². The number of carbonyl (C=O) groups is 1. The van der Waals surface area contributed by atoms with Crippen molar-refractivity contribution < 1.29 is 9.53 Å². The highest BCUT2D eigenvalue weighted by molar-refractivity contribution is 5.85. The molecule has 1 unspecified atom stereocenters. The van der Waals surface area contributed by atoms with Crippen LogP contribution in [0, 0.1) is 0 Å². The molecule has 5 heteroatoms. The quantitative estimate of drug-likeness (QED) is 0.888. The molecule has 1 heterocycles. The van der Waals surface area contributed by atoms with E-state index in [1.165, 1.54) is 0 Å². The van der Waals surface area contributed by atoms with Crippen LogP contribution in [0.15, 0.2) is 30.3 Å². The molecule has 4 nitrogen and oxygen atoms in total. The van der Waals surface area contributed by atoms with Crippen LogP contribution in [0.25, 0.3) is 0 Å². The summed E-state index contributed by atoms with van der Waals surface area (Å²) in [5.74, 6) is -0.00134. The van der Waals surface area contributed by atoms with Gasteiger partial charge in [0.15, 0.2) is 0 Å². The maximum absolute atomic E-state index is 12.1. The lowest BCUT2D eigenvalue weighted by molar-refractivity contribution is -0.129. The summed E-state index contributed by atoms with van der Waals surface area (Å²) in [6.07, 6.45) is -0.0817. The third-order valence-electron chi connectivity index (χ3n) is 3.26. The molecule has 0 aliphatic carbocycles. The predicted molar refractivity (Wildman–Crippen MR) is 77.5 cm³/mol. The molecule has 0 saturated carbocycles. The number of rotatable bonds is 3. The minimum absolute atomic E-state index is 0. The van der Waals surface area contributed by atoms with Crippen LogP contribution in [-0.2, 0) is 9.53 Å². The summed E-state index contributed by atoms with van der Waals surface area (Å²) in [4.78, 5) is 12.1. The van der Waals surface area contributed by atoms with E-state index < -0.39 is 0 Å². The molecule has 0 aromatic heterocycles. The SMILES string of the molecule is CC(NC(=O)[C@H]1NCCO[C@@H]1C)c1ccccc1.Cl. The molecule has 1 aromatic carbocycles. The van der Waals surface area contributed by atoms with E-state index in [2.05, 4.69) is 10.6 Å². The lowest BCUT2D eigenvalue weighted by atomic mass is 10.1. The molecule has 0 radical (unpaired) electrons. The zero-order chi connectivity index (χ0) is 13.0. The second-order valence-corrected chi connectivity index (χ2v) is 4.65. The van der Waals surface area contributed by atoms with Crippen LogP contribution in [0.3, 0.4) is 0 Å². The number of nitrogens with one attached hydrogen (secondary N) is 2. The maximum Gasteiger partial charge on any atom is 0.240 e. The summed E-state index contributed by atoms with van der Waals surface area (Å²) in [6.45, 7) is 5.30. The molecule has 1 fully saturated rings. The van der Waals surface area contributed by atoms with E-state index in [1.54, 1.807) is 0 Å². The second kappa shape index (κ2) is 7.48. The summed E-state index contributed by atoms with van der Waals surface area (Å²) < 4.78 is 5.48. The number of hydrogen-bond acceptors (Lipinski definition) is 3. The van der Waals surface area contributed by atoms with Crippen LogP contribution in [0.4, 0.5) is 0 Å². The van der Waals surface area contributed by atoms with Gasteiger partial charge in [-0.25, -0.2) is 0 Å². The molecule has 0 spiro atoms. The average Bonchev–Trinajstić information content (AvgIpc) is 2.40. The van der Waals surface area contributed by atoms with Gasteiger partial charge in [-0.05, 0) is 19.4 Å². The predicted octanol–water partition coefficient (Wildman–Crippen LogP) is 1.66. The Morgan fingerprint density at radius 1 is 1.42 bits per heavy atom. The Morgan fingerprint density at radius 3 is 2.74 bits per heavy atom. The number of hydrogen-bond donors (Lipinski definition) is 2. The molecule has 2 N–H and O–H groups in total. The number of morpholine rings is 1. The van der Waals surface area contributed by atoms with Crippen molar-refractivity contribution in [2.45, 2.75) is 32.0 Å². The Bertz CT molecular complexity index is 400. The molecule has 19 heavy (non-hydrogen) atoms. The first-order valence-corrected chi connectivity index (χ1v) is 6.39. The molecule has 1 aliphatic rings. The van der Waals surface area contributed by atoms with E-state index in [4.69, 9.17) is 4.74 Å². The van der Waals surface area contributed by atoms with E-state index in [0.29, 0.717) is 6.61 Å². The fourth-order valence-electron chi connectivity index (χ4n) is 2.16. The van der Waals surface area contributed by atoms with Gasteiger partial charge in [0, 0.05) is 6.54 Å². The van der Waals surface area contributed by atoms with Crippen LogP contribution in [0.1, 0.15) is 25.5 Å². The van der Waals surface area contributed by atoms with Crippen LogP contribution < -0.4 is 10.6 Å². The lowest BCUT2D eigenvalue weighted by Gasteiger charge is -2.30. The first-order chi connectivity index (χ1) is 8.68. The fourth-order valence-corrected chi connectivity index (χ4v) is 2.16. The number of ether oxygens (including phenoxy) is 1. The monoisotopic (exact) mass is 284 g/mol. The molecule has 0 bridgehead atoms. The Morgan fingerprint density at radius 2 is 2.11 bits per heavy atom. The van der Waals surface area contributed by atoms with Crippen molar-refractivity contribution in [2.75, 3.05) is 13.2 Å². The number of amides is 1. The van der Waals surface area contributed by atoms with E-state index in [-0.39, 0.29) is 36.5 Å².